The number of carbonyl (C=O) groups excluding carboxylic acids is 1. The first kappa shape index (κ1) is 18.9. The van der Waals surface area contributed by atoms with Crippen molar-refractivity contribution in [1.29, 1.82) is 0 Å². The van der Waals surface area contributed by atoms with Gasteiger partial charge in [-0.25, -0.2) is 0 Å². The molecule has 0 radical (unpaired) electrons. The van der Waals surface area contributed by atoms with E-state index in [1.165, 1.54) is 5.56 Å². The average molecular weight is 333 g/mol. The molecule has 0 aromatic heterocycles. The summed E-state index contributed by atoms with van der Waals surface area (Å²) in [6, 6.07) is 9.77. The average Bonchev–Trinajstić information content (AvgIpc) is 2.60. The van der Waals surface area contributed by atoms with Crippen molar-refractivity contribution in [3.05, 3.63) is 35.9 Å². The minimum absolute atomic E-state index is 0.0599. The summed E-state index contributed by atoms with van der Waals surface area (Å²) < 4.78 is 0. The molecular formula is C18H31N5O. The predicted octanol–water partition coefficient (Wildman–Crippen LogP) is -0.442. The minimum atomic E-state index is -0.431. The van der Waals surface area contributed by atoms with Crippen molar-refractivity contribution in [3.63, 3.8) is 0 Å². The molecule has 5 N–H and O–H groups in total. The molecule has 0 aliphatic carbocycles. The Kier molecular flexibility index (Phi) is 8.76. The first-order valence-corrected chi connectivity index (χ1v) is 8.98. The fraction of sp³-hybridized carbons (Fsp3) is 0.611. The Balaban J connectivity index is 1.81. The van der Waals surface area contributed by atoms with Crippen LogP contribution in [-0.4, -0.2) is 69.2 Å². The molecule has 1 heterocycles. The van der Waals surface area contributed by atoms with Gasteiger partial charge in [0.1, 0.15) is 0 Å². The maximum Gasteiger partial charge on any atom is 0.239 e. The van der Waals surface area contributed by atoms with Crippen molar-refractivity contribution in [1.82, 2.24) is 20.9 Å². The van der Waals surface area contributed by atoms with Crippen LogP contribution in [0.5, 0.6) is 0 Å². The Morgan fingerprint density at radius 3 is 2.08 bits per heavy atom. The molecule has 1 aliphatic rings. The highest BCUT2D eigenvalue weighted by Gasteiger charge is 2.20. The minimum Gasteiger partial charge on any atom is -0.339 e. The van der Waals surface area contributed by atoms with Gasteiger partial charge in [0.05, 0.1) is 6.04 Å². The van der Waals surface area contributed by atoms with Gasteiger partial charge in [0.2, 0.25) is 5.91 Å². The van der Waals surface area contributed by atoms with Crippen LogP contribution < -0.4 is 21.7 Å². The van der Waals surface area contributed by atoms with E-state index in [0.29, 0.717) is 19.5 Å². The van der Waals surface area contributed by atoms with Crippen LogP contribution in [0.1, 0.15) is 12.0 Å². The summed E-state index contributed by atoms with van der Waals surface area (Å²) in [4.78, 5) is 14.6. The van der Waals surface area contributed by atoms with Crippen LogP contribution in [0.2, 0.25) is 0 Å². The normalized spacial score (nSPS) is 19.1. The van der Waals surface area contributed by atoms with Gasteiger partial charge in [0.15, 0.2) is 0 Å². The molecular weight excluding hydrogens is 302 g/mol. The zero-order valence-corrected chi connectivity index (χ0v) is 14.5. The fourth-order valence-electron chi connectivity index (χ4n) is 2.81. The van der Waals surface area contributed by atoms with Crippen LogP contribution in [0.15, 0.2) is 30.3 Å². The standard InChI is InChI=1S/C18H31N5O/c19-17(7-6-16-4-2-1-3-5-16)18(24)23-14-12-21-10-8-20-9-11-22-13-15-23/h1-5,17,20-22H,6-15,19H2/t17-/m0/s1. The van der Waals surface area contributed by atoms with Crippen molar-refractivity contribution in [3.8, 4) is 0 Å². The molecule has 6 nitrogen and oxygen atoms in total. The van der Waals surface area contributed by atoms with E-state index in [1.54, 1.807) is 0 Å². The van der Waals surface area contributed by atoms with Crippen LogP contribution in [0, 0.1) is 0 Å². The molecule has 0 spiro atoms. The van der Waals surface area contributed by atoms with E-state index in [-0.39, 0.29) is 5.91 Å². The van der Waals surface area contributed by atoms with E-state index in [1.807, 2.05) is 23.1 Å². The quantitative estimate of drug-likeness (QED) is 0.600. The van der Waals surface area contributed by atoms with E-state index >= 15 is 0 Å². The molecule has 0 bridgehead atoms. The lowest BCUT2D eigenvalue weighted by Crippen LogP contribution is -2.49. The largest absolute Gasteiger partial charge is 0.339 e. The van der Waals surface area contributed by atoms with E-state index in [2.05, 4.69) is 28.1 Å². The predicted molar refractivity (Wildman–Crippen MR) is 97.9 cm³/mol. The first-order chi connectivity index (χ1) is 11.8. The molecule has 6 heteroatoms. The highest BCUT2D eigenvalue weighted by atomic mass is 16.2. The van der Waals surface area contributed by atoms with Crippen LogP contribution in [0.4, 0.5) is 0 Å². The molecule has 0 unspecified atom stereocenters. The number of amides is 1. The third-order valence-corrected chi connectivity index (χ3v) is 4.29. The maximum atomic E-state index is 12.7. The lowest BCUT2D eigenvalue weighted by molar-refractivity contribution is -0.132. The number of benzene rings is 1. The lowest BCUT2D eigenvalue weighted by Gasteiger charge is -2.26. The molecule has 1 amide bonds. The number of nitrogens with one attached hydrogen (secondary N) is 3. The summed E-state index contributed by atoms with van der Waals surface area (Å²) in [5, 5.41) is 10.1. The Bertz CT molecular complexity index is 456. The zero-order valence-electron chi connectivity index (χ0n) is 14.5. The molecule has 1 atom stereocenters. The smallest absolute Gasteiger partial charge is 0.239 e. The van der Waals surface area contributed by atoms with Crippen LogP contribution in [0.3, 0.4) is 0 Å². The number of carbonyl (C=O) groups is 1. The topological polar surface area (TPSA) is 82.4 Å². The third kappa shape index (κ3) is 6.97. The van der Waals surface area contributed by atoms with E-state index in [4.69, 9.17) is 5.73 Å². The molecule has 1 aromatic rings. The highest BCUT2D eigenvalue weighted by molar-refractivity contribution is 5.81. The van der Waals surface area contributed by atoms with Gasteiger partial charge in [-0.1, -0.05) is 30.3 Å². The van der Waals surface area contributed by atoms with Crippen LogP contribution in [0.25, 0.3) is 0 Å². The molecule has 2 rings (SSSR count). The summed E-state index contributed by atoms with van der Waals surface area (Å²) >= 11 is 0. The lowest BCUT2D eigenvalue weighted by atomic mass is 10.0. The number of hydrogen-bond acceptors (Lipinski definition) is 5. The number of nitrogens with zero attached hydrogens (tertiary/aromatic N) is 1. The Hall–Kier alpha value is -1.47. The molecule has 1 aromatic carbocycles. The van der Waals surface area contributed by atoms with Gasteiger partial charge in [-0.05, 0) is 18.4 Å². The summed E-state index contributed by atoms with van der Waals surface area (Å²) in [6.07, 6.45) is 1.52. The van der Waals surface area contributed by atoms with Crippen molar-refractivity contribution >= 4 is 5.91 Å². The zero-order chi connectivity index (χ0) is 17.0. The molecule has 134 valence electrons. The summed E-state index contributed by atoms with van der Waals surface area (Å²) in [6.45, 7) is 6.76. The number of nitrogens with two attached hydrogens (primary N) is 1. The van der Waals surface area contributed by atoms with Crippen molar-refractivity contribution in [2.75, 3.05) is 52.4 Å². The maximum absolute atomic E-state index is 12.7. The van der Waals surface area contributed by atoms with Crippen LogP contribution >= 0.6 is 0 Å². The molecule has 0 saturated carbocycles. The van der Waals surface area contributed by atoms with Gasteiger partial charge in [-0.15, -0.1) is 0 Å². The van der Waals surface area contributed by atoms with Crippen LogP contribution in [-0.2, 0) is 11.2 Å². The van der Waals surface area contributed by atoms with Crippen molar-refractivity contribution < 1.29 is 4.79 Å². The Morgan fingerprint density at radius 2 is 1.50 bits per heavy atom. The van der Waals surface area contributed by atoms with Gasteiger partial charge < -0.3 is 26.6 Å². The van der Waals surface area contributed by atoms with Gasteiger partial charge in [-0.3, -0.25) is 4.79 Å². The molecule has 24 heavy (non-hydrogen) atoms. The number of rotatable bonds is 4. The highest BCUT2D eigenvalue weighted by Crippen LogP contribution is 2.06. The van der Waals surface area contributed by atoms with Gasteiger partial charge in [-0.2, -0.15) is 0 Å². The van der Waals surface area contributed by atoms with Crippen molar-refractivity contribution in [2.24, 2.45) is 5.73 Å². The van der Waals surface area contributed by atoms with Gasteiger partial charge in [0.25, 0.3) is 0 Å². The second-order valence-electron chi connectivity index (χ2n) is 6.21. The van der Waals surface area contributed by atoms with E-state index in [0.717, 1.165) is 45.7 Å². The van der Waals surface area contributed by atoms with Crippen molar-refractivity contribution in [2.45, 2.75) is 18.9 Å². The molecule has 1 aliphatic heterocycles. The van der Waals surface area contributed by atoms with E-state index < -0.39 is 6.04 Å². The van der Waals surface area contributed by atoms with E-state index in [9.17, 15) is 4.79 Å². The fourth-order valence-corrected chi connectivity index (χ4v) is 2.81. The molecule has 1 fully saturated rings. The monoisotopic (exact) mass is 333 g/mol. The summed E-state index contributed by atoms with van der Waals surface area (Å²) in [5.41, 5.74) is 7.40. The SMILES string of the molecule is N[C@@H](CCc1ccccc1)C(=O)N1CCNCCNCCNCC1. The molecule has 1 saturated heterocycles. The van der Waals surface area contributed by atoms with Gasteiger partial charge in [0, 0.05) is 52.4 Å². The number of hydrogen-bond donors (Lipinski definition) is 4. The summed E-state index contributed by atoms with van der Waals surface area (Å²) in [7, 11) is 0. The first-order valence-electron chi connectivity index (χ1n) is 8.98. The third-order valence-electron chi connectivity index (χ3n) is 4.29. The second kappa shape index (κ2) is 11.1. The Labute approximate surface area is 145 Å². The summed E-state index contributed by atoms with van der Waals surface area (Å²) in [5.74, 6) is 0.0599. The number of aryl methyl sites for hydroxylation is 1. The van der Waals surface area contributed by atoms with Gasteiger partial charge >= 0.3 is 0 Å². The Morgan fingerprint density at radius 1 is 0.958 bits per heavy atom. The second-order valence-corrected chi connectivity index (χ2v) is 6.21.